The molecule has 10 nitrogen and oxygen atoms in total. The monoisotopic (exact) mass is 325 g/mol. The molecular weight excluding hydrogens is 310 g/mol. The van der Waals surface area contributed by atoms with E-state index in [2.05, 4.69) is 9.94 Å². The molecule has 114 valence electrons. The smallest absolute Gasteiger partial charge is 0.341 e. The molecule has 0 aliphatic carbocycles. The number of amides is 2. The van der Waals surface area contributed by atoms with Gasteiger partial charge in [0.1, 0.15) is 5.88 Å². The second-order valence-corrected chi connectivity index (χ2v) is 6.84. The Kier molecular flexibility index (Phi) is 4.11. The van der Waals surface area contributed by atoms with Crippen LogP contribution in [0, 0.1) is 0 Å². The van der Waals surface area contributed by atoms with Crippen LogP contribution in [-0.4, -0.2) is 83.3 Å². The zero-order valence-corrected chi connectivity index (χ0v) is 12.8. The molecule has 1 unspecified atom stereocenters. The van der Waals surface area contributed by atoms with Gasteiger partial charge < -0.3 is 10.0 Å². The highest BCUT2D eigenvalue weighted by molar-refractivity contribution is 8.14. The summed E-state index contributed by atoms with van der Waals surface area (Å²) in [5.41, 5.74) is 0. The molecule has 0 aromatic rings. The SMILES string of the molecule is CON(C)S(=O)(=O)N1CSC(N2C(=O)N(C)CC2O)=N1. The van der Waals surface area contributed by atoms with Crippen LogP contribution in [0.5, 0.6) is 0 Å². The molecule has 2 amide bonds. The van der Waals surface area contributed by atoms with Gasteiger partial charge in [-0.25, -0.2) is 9.69 Å². The minimum Gasteiger partial charge on any atom is -0.371 e. The number of aliphatic hydroxyl groups excluding tert-OH is 1. The van der Waals surface area contributed by atoms with E-state index in [9.17, 15) is 18.3 Å². The Morgan fingerprint density at radius 3 is 2.70 bits per heavy atom. The first kappa shape index (κ1) is 15.3. The minimum atomic E-state index is -3.90. The lowest BCUT2D eigenvalue weighted by atomic mass is 10.5. The molecule has 0 saturated carbocycles. The standard InChI is InChI=1S/C8H15N5O5S2/c1-10-4-6(14)13(8(10)15)7-9-12(5-19-7)20(16,17)11(2)18-3/h6,14H,4-5H2,1-3H3. The normalized spacial score (nSPS) is 24.1. The molecule has 2 rings (SSSR count). The number of nitrogens with zero attached hydrogens (tertiary/aromatic N) is 5. The van der Waals surface area contributed by atoms with Crippen LogP contribution in [-0.2, 0) is 15.0 Å². The first-order valence-electron chi connectivity index (χ1n) is 5.53. The molecule has 2 heterocycles. The van der Waals surface area contributed by atoms with E-state index in [1.165, 1.54) is 19.1 Å². The van der Waals surface area contributed by atoms with E-state index in [1.807, 2.05) is 0 Å². The van der Waals surface area contributed by atoms with Crippen molar-refractivity contribution in [3.63, 3.8) is 0 Å². The third-order valence-corrected chi connectivity index (χ3v) is 5.44. The van der Waals surface area contributed by atoms with E-state index in [-0.39, 0.29) is 17.6 Å². The number of hydrogen-bond acceptors (Lipinski definition) is 7. The average molecular weight is 325 g/mol. The number of β-amino-alcohol motifs (C(OH)–C–C–N with tert-alkyl or cyclic N) is 1. The van der Waals surface area contributed by atoms with Crippen LogP contribution in [0.15, 0.2) is 5.10 Å². The fourth-order valence-corrected chi connectivity index (χ4v) is 3.81. The maximum atomic E-state index is 12.0. The van der Waals surface area contributed by atoms with E-state index in [1.54, 1.807) is 7.05 Å². The lowest BCUT2D eigenvalue weighted by molar-refractivity contribution is -0.0310. The number of urea groups is 1. The average Bonchev–Trinajstić information content (AvgIpc) is 2.95. The highest BCUT2D eigenvalue weighted by Gasteiger charge is 2.41. The molecule has 1 fully saturated rings. The van der Waals surface area contributed by atoms with Crippen LogP contribution in [0.2, 0.25) is 0 Å². The van der Waals surface area contributed by atoms with Gasteiger partial charge >= 0.3 is 16.2 Å². The van der Waals surface area contributed by atoms with Crippen molar-refractivity contribution in [2.45, 2.75) is 6.23 Å². The lowest BCUT2D eigenvalue weighted by Crippen LogP contribution is -2.38. The lowest BCUT2D eigenvalue weighted by Gasteiger charge is -2.19. The van der Waals surface area contributed by atoms with E-state index < -0.39 is 22.5 Å². The van der Waals surface area contributed by atoms with Crippen molar-refractivity contribution >= 4 is 33.2 Å². The van der Waals surface area contributed by atoms with Gasteiger partial charge in [0.2, 0.25) is 0 Å². The van der Waals surface area contributed by atoms with Crippen LogP contribution in [0.4, 0.5) is 4.79 Å². The van der Waals surface area contributed by atoms with Gasteiger partial charge in [0.25, 0.3) is 0 Å². The van der Waals surface area contributed by atoms with Crippen LogP contribution < -0.4 is 0 Å². The van der Waals surface area contributed by atoms with Gasteiger partial charge in [0.15, 0.2) is 11.4 Å². The number of carbonyl (C=O) groups excluding carboxylic acids is 1. The summed E-state index contributed by atoms with van der Waals surface area (Å²) in [4.78, 5) is 18.9. The second kappa shape index (κ2) is 5.37. The molecule has 0 aromatic carbocycles. The number of carbonyl (C=O) groups is 1. The summed E-state index contributed by atoms with van der Waals surface area (Å²) in [6, 6.07) is -0.428. The molecule has 0 aromatic heterocycles. The summed E-state index contributed by atoms with van der Waals surface area (Å²) in [7, 11) is 0.0934. The van der Waals surface area contributed by atoms with E-state index in [4.69, 9.17) is 0 Å². The van der Waals surface area contributed by atoms with Crippen LogP contribution in [0.25, 0.3) is 0 Å². The number of likely N-dealkylation sites (N-methyl/N-ethyl adjacent to an activating group) is 1. The van der Waals surface area contributed by atoms with E-state index in [0.29, 0.717) is 4.47 Å². The molecule has 1 N–H and O–H groups in total. The van der Waals surface area contributed by atoms with Crippen LogP contribution >= 0.6 is 11.8 Å². The van der Waals surface area contributed by atoms with Crippen molar-refractivity contribution < 1.29 is 23.2 Å². The molecule has 0 spiro atoms. The van der Waals surface area contributed by atoms with Crippen molar-refractivity contribution in [3.8, 4) is 0 Å². The first-order valence-corrected chi connectivity index (χ1v) is 7.91. The summed E-state index contributed by atoms with van der Waals surface area (Å²) >= 11 is 1.05. The number of amidine groups is 1. The quantitative estimate of drug-likeness (QED) is 0.646. The van der Waals surface area contributed by atoms with Gasteiger partial charge in [-0.1, -0.05) is 16.2 Å². The van der Waals surface area contributed by atoms with Crippen molar-refractivity contribution in [2.24, 2.45) is 5.10 Å². The van der Waals surface area contributed by atoms with Gasteiger partial charge in [-0.05, 0) is 0 Å². The summed E-state index contributed by atoms with van der Waals surface area (Å²) < 4.78 is 25.4. The zero-order valence-electron chi connectivity index (χ0n) is 11.1. The van der Waals surface area contributed by atoms with Crippen molar-refractivity contribution in [2.75, 3.05) is 33.6 Å². The van der Waals surface area contributed by atoms with Crippen molar-refractivity contribution in [3.05, 3.63) is 0 Å². The zero-order chi connectivity index (χ0) is 15.1. The van der Waals surface area contributed by atoms with Gasteiger partial charge in [-0.3, -0.25) is 4.84 Å². The summed E-state index contributed by atoms with van der Waals surface area (Å²) in [6.07, 6.45) is -1.04. The molecule has 0 bridgehead atoms. The summed E-state index contributed by atoms with van der Waals surface area (Å²) in [5, 5.41) is 13.8. The van der Waals surface area contributed by atoms with Crippen molar-refractivity contribution in [1.82, 2.24) is 18.7 Å². The molecule has 1 saturated heterocycles. The molecule has 2 aliphatic heterocycles. The molecule has 1 atom stereocenters. The maximum absolute atomic E-state index is 12.0. The van der Waals surface area contributed by atoms with Crippen molar-refractivity contribution in [1.29, 1.82) is 0 Å². The molecular formula is C8H15N5O5S2. The van der Waals surface area contributed by atoms with Gasteiger partial charge in [-0.2, -0.15) is 12.8 Å². The molecule has 2 aliphatic rings. The maximum Gasteiger partial charge on any atom is 0.341 e. The first-order chi connectivity index (χ1) is 9.28. The number of hydrogen-bond donors (Lipinski definition) is 1. The Bertz CT molecular complexity index is 537. The number of hydroxylamine groups is 1. The Morgan fingerprint density at radius 1 is 1.55 bits per heavy atom. The summed E-state index contributed by atoms with van der Waals surface area (Å²) in [5.74, 6) is 0.00554. The fraction of sp³-hybridized carbons (Fsp3) is 0.750. The topological polar surface area (TPSA) is 106 Å². The second-order valence-electron chi connectivity index (χ2n) is 4.09. The molecule has 0 radical (unpaired) electrons. The Hall–Kier alpha value is -1.08. The van der Waals surface area contributed by atoms with Gasteiger partial charge in [-0.15, -0.1) is 5.10 Å². The third-order valence-electron chi connectivity index (χ3n) is 2.82. The molecule has 12 heteroatoms. The Morgan fingerprint density at radius 2 is 2.20 bits per heavy atom. The largest absolute Gasteiger partial charge is 0.371 e. The molecule has 20 heavy (non-hydrogen) atoms. The number of aliphatic hydroxyl groups is 1. The highest BCUT2D eigenvalue weighted by Crippen LogP contribution is 2.27. The predicted octanol–water partition coefficient (Wildman–Crippen LogP) is -1.31. The Balaban J connectivity index is 2.21. The van der Waals surface area contributed by atoms with Crippen LogP contribution in [0.3, 0.4) is 0 Å². The van der Waals surface area contributed by atoms with Crippen LogP contribution in [0.1, 0.15) is 0 Å². The summed E-state index contributed by atoms with van der Waals surface area (Å²) in [6.45, 7) is 0.142. The Labute approximate surface area is 120 Å². The van der Waals surface area contributed by atoms with Gasteiger partial charge in [0, 0.05) is 14.1 Å². The third kappa shape index (κ3) is 2.44. The highest BCUT2D eigenvalue weighted by atomic mass is 32.2. The number of rotatable bonds is 3. The fourth-order valence-electron chi connectivity index (χ4n) is 1.65. The van der Waals surface area contributed by atoms with E-state index in [0.717, 1.165) is 21.1 Å². The van der Waals surface area contributed by atoms with E-state index >= 15 is 0 Å². The predicted molar refractivity (Wildman–Crippen MR) is 71.3 cm³/mol. The number of hydrazone groups is 1. The van der Waals surface area contributed by atoms with Gasteiger partial charge in [0.05, 0.1) is 13.7 Å². The minimum absolute atomic E-state index is 0.00554. The number of thioether (sulfide) groups is 1.